The highest BCUT2D eigenvalue weighted by atomic mass is 16.7. The molecule has 6 heteroatoms. The van der Waals surface area contributed by atoms with Crippen LogP contribution in [0.1, 0.15) is 101 Å². The van der Waals surface area contributed by atoms with Crippen molar-refractivity contribution in [3.05, 3.63) is 83.4 Å². The van der Waals surface area contributed by atoms with Gasteiger partial charge in [0.1, 0.15) is 0 Å². The second-order valence-electron chi connectivity index (χ2n) is 12.0. The summed E-state index contributed by atoms with van der Waals surface area (Å²) >= 11 is 0. The molecule has 0 aliphatic heterocycles. The predicted molar refractivity (Wildman–Crippen MR) is 169 cm³/mol. The van der Waals surface area contributed by atoms with E-state index >= 15 is 0 Å². The van der Waals surface area contributed by atoms with Gasteiger partial charge in [-0.3, -0.25) is 0 Å². The number of hydrogen-bond acceptors (Lipinski definition) is 6. The summed E-state index contributed by atoms with van der Waals surface area (Å²) in [7, 11) is 0. The first kappa shape index (κ1) is 31.2. The summed E-state index contributed by atoms with van der Waals surface area (Å²) in [5, 5.41) is 0. The van der Waals surface area contributed by atoms with Gasteiger partial charge in [0.25, 0.3) is 6.29 Å². The Labute approximate surface area is 257 Å². The van der Waals surface area contributed by atoms with Gasteiger partial charge in [0.15, 0.2) is 35.6 Å². The van der Waals surface area contributed by atoms with E-state index < -0.39 is 18.9 Å². The molecule has 2 unspecified atom stereocenters. The van der Waals surface area contributed by atoms with Gasteiger partial charge in [-0.25, -0.2) is 0 Å². The lowest BCUT2D eigenvalue weighted by Gasteiger charge is -2.28. The molecule has 0 spiro atoms. The maximum absolute atomic E-state index is 6.60. The number of aryl methyl sites for hydroxylation is 2. The Morgan fingerprint density at radius 2 is 0.953 bits per heavy atom. The highest BCUT2D eigenvalue weighted by Crippen LogP contribution is 2.38. The predicted octanol–water partition coefficient (Wildman–Crippen LogP) is 9.61. The fourth-order valence-corrected chi connectivity index (χ4v) is 5.97. The summed E-state index contributed by atoms with van der Waals surface area (Å²) in [4.78, 5) is 0. The van der Waals surface area contributed by atoms with Crippen molar-refractivity contribution in [3.63, 3.8) is 0 Å². The van der Waals surface area contributed by atoms with Crippen LogP contribution in [0.5, 0.6) is 23.0 Å². The Morgan fingerprint density at radius 1 is 0.512 bits per heavy atom. The third-order valence-corrected chi connectivity index (χ3v) is 8.20. The highest BCUT2D eigenvalue weighted by Gasteiger charge is 2.24. The first-order chi connectivity index (χ1) is 20.9. The fraction of sp³-hybridized carbons (Fsp3) is 0.514. The van der Waals surface area contributed by atoms with Crippen LogP contribution >= 0.6 is 0 Å². The van der Waals surface area contributed by atoms with Crippen LogP contribution in [0.4, 0.5) is 0 Å². The van der Waals surface area contributed by atoms with Gasteiger partial charge in [0.2, 0.25) is 0 Å². The molecule has 0 radical (unpaired) electrons. The average molecular weight is 589 g/mol. The maximum Gasteiger partial charge on any atom is 0.267 e. The standard InChI is InChI=1S/C37H48O6/c1-26-20-22-33(35(24-26)40-28(3)38-31-16-10-6-11-17-31)42-37(30-14-8-5-9-15-30)43-34-23-21-27(2)25-36(34)41-29(4)39-32-18-12-7-13-19-32/h5,8-9,14-15,20-25,28-29,31-32,37H,6-7,10-13,16-19H2,1-4H3. The van der Waals surface area contributed by atoms with Crippen LogP contribution in [0.3, 0.4) is 0 Å². The zero-order valence-corrected chi connectivity index (χ0v) is 26.3. The quantitative estimate of drug-likeness (QED) is 0.185. The minimum atomic E-state index is -0.750. The minimum absolute atomic E-state index is 0.239. The van der Waals surface area contributed by atoms with E-state index in [1.54, 1.807) is 0 Å². The molecular formula is C37H48O6. The van der Waals surface area contributed by atoms with E-state index in [4.69, 9.17) is 28.4 Å². The van der Waals surface area contributed by atoms with Crippen molar-refractivity contribution in [1.82, 2.24) is 0 Å². The number of benzene rings is 3. The van der Waals surface area contributed by atoms with Crippen molar-refractivity contribution in [2.45, 2.75) is 123 Å². The van der Waals surface area contributed by atoms with Gasteiger partial charge in [-0.15, -0.1) is 0 Å². The first-order valence-corrected chi connectivity index (χ1v) is 16.2. The zero-order chi connectivity index (χ0) is 30.0. The second kappa shape index (κ2) is 15.5. The molecule has 3 aromatic carbocycles. The SMILES string of the molecule is Cc1ccc(OC(Oc2ccc(C)cc2OC(C)OC2CCCCC2)c2ccccc2)c(OC(C)OC2CCCCC2)c1. The van der Waals surface area contributed by atoms with E-state index in [0.717, 1.165) is 42.4 Å². The van der Waals surface area contributed by atoms with Crippen molar-refractivity contribution in [2.75, 3.05) is 0 Å². The summed E-state index contributed by atoms with van der Waals surface area (Å²) < 4.78 is 38.4. The third kappa shape index (κ3) is 9.38. The first-order valence-electron chi connectivity index (χ1n) is 16.2. The van der Waals surface area contributed by atoms with Gasteiger partial charge in [-0.2, -0.15) is 0 Å². The van der Waals surface area contributed by atoms with Crippen LogP contribution in [0.15, 0.2) is 66.7 Å². The summed E-state index contributed by atoms with van der Waals surface area (Å²) in [6.45, 7) is 8.00. The van der Waals surface area contributed by atoms with Crippen LogP contribution in [0.2, 0.25) is 0 Å². The van der Waals surface area contributed by atoms with Crippen LogP contribution < -0.4 is 18.9 Å². The summed E-state index contributed by atoms with van der Waals surface area (Å²) in [6, 6.07) is 21.8. The molecule has 0 heterocycles. The molecule has 2 aliphatic rings. The lowest BCUT2D eigenvalue weighted by molar-refractivity contribution is -0.119. The van der Waals surface area contributed by atoms with Crippen molar-refractivity contribution < 1.29 is 28.4 Å². The van der Waals surface area contributed by atoms with Crippen LogP contribution in [-0.4, -0.2) is 24.8 Å². The van der Waals surface area contributed by atoms with E-state index in [0.29, 0.717) is 23.0 Å². The average Bonchev–Trinajstić information content (AvgIpc) is 3.00. The lowest BCUT2D eigenvalue weighted by Crippen LogP contribution is -2.27. The Hall–Kier alpha value is -3.22. The Balaban J connectivity index is 1.34. The van der Waals surface area contributed by atoms with Gasteiger partial charge < -0.3 is 28.4 Å². The Morgan fingerprint density at radius 3 is 1.40 bits per heavy atom. The summed E-state index contributed by atoms with van der Waals surface area (Å²) in [5.74, 6) is 2.43. The monoisotopic (exact) mass is 588 g/mol. The van der Waals surface area contributed by atoms with Gasteiger partial charge in [-0.05, 0) is 88.8 Å². The fourth-order valence-electron chi connectivity index (χ4n) is 5.97. The molecule has 0 aromatic heterocycles. The van der Waals surface area contributed by atoms with Crippen LogP contribution in [0.25, 0.3) is 0 Å². The van der Waals surface area contributed by atoms with Crippen molar-refractivity contribution in [3.8, 4) is 23.0 Å². The molecule has 6 nitrogen and oxygen atoms in total. The topological polar surface area (TPSA) is 55.4 Å². The van der Waals surface area contributed by atoms with E-state index in [-0.39, 0.29) is 12.2 Å². The van der Waals surface area contributed by atoms with Crippen molar-refractivity contribution in [2.24, 2.45) is 0 Å². The van der Waals surface area contributed by atoms with Gasteiger partial charge in [0.05, 0.1) is 12.2 Å². The van der Waals surface area contributed by atoms with Crippen molar-refractivity contribution >= 4 is 0 Å². The molecule has 2 aliphatic carbocycles. The Bertz CT molecular complexity index is 1190. The van der Waals surface area contributed by atoms with E-state index in [2.05, 4.69) is 0 Å². The molecule has 2 fully saturated rings. The molecule has 2 saturated carbocycles. The van der Waals surface area contributed by atoms with Gasteiger partial charge in [0, 0.05) is 5.56 Å². The number of hydrogen-bond donors (Lipinski definition) is 0. The maximum atomic E-state index is 6.60. The van der Waals surface area contributed by atoms with Crippen molar-refractivity contribution in [1.29, 1.82) is 0 Å². The normalized spacial score (nSPS) is 18.4. The van der Waals surface area contributed by atoms with E-state index in [9.17, 15) is 0 Å². The number of ether oxygens (including phenoxy) is 6. The summed E-state index contributed by atoms with van der Waals surface area (Å²) in [6.07, 6.45) is 10.7. The molecule has 232 valence electrons. The van der Waals surface area contributed by atoms with Gasteiger partial charge in [-0.1, -0.05) is 81.0 Å². The molecule has 3 aromatic rings. The van der Waals surface area contributed by atoms with Crippen LogP contribution in [0, 0.1) is 13.8 Å². The Kier molecular flexibility index (Phi) is 11.2. The number of rotatable bonds is 13. The molecule has 0 amide bonds. The highest BCUT2D eigenvalue weighted by molar-refractivity contribution is 5.45. The molecule has 5 rings (SSSR count). The van der Waals surface area contributed by atoms with E-state index in [1.807, 2.05) is 94.4 Å². The lowest BCUT2D eigenvalue weighted by atomic mass is 9.98. The second-order valence-corrected chi connectivity index (χ2v) is 12.0. The van der Waals surface area contributed by atoms with E-state index in [1.165, 1.54) is 38.5 Å². The molecule has 0 N–H and O–H groups in total. The zero-order valence-electron chi connectivity index (χ0n) is 26.3. The third-order valence-electron chi connectivity index (χ3n) is 8.20. The smallest absolute Gasteiger partial charge is 0.267 e. The largest absolute Gasteiger partial charge is 0.461 e. The minimum Gasteiger partial charge on any atom is -0.461 e. The molecule has 2 atom stereocenters. The molecule has 0 bridgehead atoms. The van der Waals surface area contributed by atoms with Crippen LogP contribution in [-0.2, 0) is 9.47 Å². The molecule has 43 heavy (non-hydrogen) atoms. The van der Waals surface area contributed by atoms with Gasteiger partial charge >= 0.3 is 0 Å². The molecular weight excluding hydrogens is 540 g/mol. The molecule has 0 saturated heterocycles. The summed E-state index contributed by atoms with van der Waals surface area (Å²) in [5.41, 5.74) is 3.02.